The second kappa shape index (κ2) is 5.33. The fourth-order valence-corrected chi connectivity index (χ4v) is 1.29. The molecule has 0 aliphatic heterocycles. The van der Waals surface area contributed by atoms with Gasteiger partial charge < -0.3 is 9.47 Å². The first-order valence-corrected chi connectivity index (χ1v) is 5.95. The number of ether oxygens (including phenoxy) is 2. The molecule has 0 spiro atoms. The van der Waals surface area contributed by atoms with Crippen molar-refractivity contribution in [2.24, 2.45) is 11.8 Å². The van der Waals surface area contributed by atoms with Crippen molar-refractivity contribution in [3.05, 3.63) is 12.2 Å². The molecule has 1 aliphatic carbocycles. The molecule has 1 aliphatic rings. The lowest BCUT2D eigenvalue weighted by molar-refractivity contribution is -0.214. The highest BCUT2D eigenvalue weighted by Crippen LogP contribution is 2.27. The minimum atomic E-state index is -1.86. The van der Waals surface area contributed by atoms with Gasteiger partial charge in [-0.2, -0.15) is 0 Å². The van der Waals surface area contributed by atoms with Gasteiger partial charge >= 0.3 is 17.7 Å². The predicted molar refractivity (Wildman–Crippen MR) is 63.4 cm³/mol. The number of carbonyl (C=O) groups is 3. The normalized spacial score (nSPS) is 17.3. The van der Waals surface area contributed by atoms with Gasteiger partial charge in [-0.15, -0.1) is 0 Å². The zero-order valence-electron chi connectivity index (χ0n) is 11.1. The van der Waals surface area contributed by atoms with E-state index in [0.29, 0.717) is 0 Å². The van der Waals surface area contributed by atoms with E-state index in [2.05, 4.69) is 0 Å². The Labute approximate surface area is 106 Å². The molecule has 0 unspecified atom stereocenters. The fourth-order valence-electron chi connectivity index (χ4n) is 1.29. The summed E-state index contributed by atoms with van der Waals surface area (Å²) < 4.78 is 10.2. The first kappa shape index (κ1) is 14.4. The number of Topliss-reactive ketones (excluding diaryl/α,β-unsaturated/α-hetero) is 1. The Morgan fingerprint density at radius 1 is 1.11 bits per heavy atom. The van der Waals surface area contributed by atoms with Crippen LogP contribution in [0.2, 0.25) is 0 Å². The van der Waals surface area contributed by atoms with E-state index in [0.717, 1.165) is 0 Å². The fraction of sp³-hybridized carbons (Fsp3) is 0.615. The van der Waals surface area contributed by atoms with Gasteiger partial charge in [0.25, 0.3) is 0 Å². The van der Waals surface area contributed by atoms with Gasteiger partial charge in [-0.25, -0.2) is 0 Å². The third kappa shape index (κ3) is 2.97. The lowest BCUT2D eigenvalue weighted by Gasteiger charge is -2.27. The van der Waals surface area contributed by atoms with E-state index in [-0.39, 0.29) is 6.42 Å². The highest BCUT2D eigenvalue weighted by molar-refractivity contribution is 5.95. The molecule has 0 fully saturated rings. The summed E-state index contributed by atoms with van der Waals surface area (Å²) in [4.78, 5) is 35.0. The van der Waals surface area contributed by atoms with Crippen molar-refractivity contribution in [3.8, 4) is 0 Å². The summed E-state index contributed by atoms with van der Waals surface area (Å²) in [6, 6.07) is 0. The van der Waals surface area contributed by atoms with Gasteiger partial charge in [0, 0.05) is 12.5 Å². The van der Waals surface area contributed by atoms with E-state index in [1.54, 1.807) is 27.7 Å². The Kier molecular flexibility index (Phi) is 4.27. The molecule has 5 heteroatoms. The summed E-state index contributed by atoms with van der Waals surface area (Å²) in [5.41, 5.74) is 0. The second-order valence-electron chi connectivity index (χ2n) is 4.85. The lowest BCUT2D eigenvalue weighted by Crippen LogP contribution is -2.45. The Bertz CT molecular complexity index is 370. The van der Waals surface area contributed by atoms with Crippen LogP contribution in [-0.4, -0.2) is 23.5 Å². The van der Waals surface area contributed by atoms with E-state index >= 15 is 0 Å². The summed E-state index contributed by atoms with van der Waals surface area (Å²) in [5, 5.41) is 0. The van der Waals surface area contributed by atoms with E-state index in [9.17, 15) is 14.4 Å². The van der Waals surface area contributed by atoms with Gasteiger partial charge in [-0.05, 0) is 0 Å². The molecule has 100 valence electrons. The van der Waals surface area contributed by atoms with Crippen LogP contribution in [0.15, 0.2) is 12.2 Å². The quantitative estimate of drug-likeness (QED) is 0.433. The van der Waals surface area contributed by atoms with Gasteiger partial charge in [-0.1, -0.05) is 33.8 Å². The number of esters is 2. The first-order valence-electron chi connectivity index (χ1n) is 5.95. The first-order chi connectivity index (χ1) is 8.28. The number of rotatable bonds is 4. The Hall–Kier alpha value is -1.65. The maximum absolute atomic E-state index is 11.8. The van der Waals surface area contributed by atoms with Crippen LogP contribution in [0.1, 0.15) is 34.1 Å². The topological polar surface area (TPSA) is 69.7 Å². The van der Waals surface area contributed by atoms with Crippen LogP contribution >= 0.6 is 0 Å². The molecule has 0 aromatic heterocycles. The number of carbonyl (C=O) groups excluding carboxylic acids is 3. The molecule has 5 nitrogen and oxygen atoms in total. The Morgan fingerprint density at radius 2 is 1.56 bits per heavy atom. The van der Waals surface area contributed by atoms with E-state index < -0.39 is 35.3 Å². The smallest absolute Gasteiger partial charge is 0.336 e. The van der Waals surface area contributed by atoms with Crippen molar-refractivity contribution in [1.82, 2.24) is 0 Å². The van der Waals surface area contributed by atoms with E-state index in [1.807, 2.05) is 0 Å². The van der Waals surface area contributed by atoms with Crippen LogP contribution in [0.4, 0.5) is 0 Å². The van der Waals surface area contributed by atoms with Gasteiger partial charge in [0.1, 0.15) is 0 Å². The average molecular weight is 254 g/mol. The zero-order chi connectivity index (χ0) is 13.9. The van der Waals surface area contributed by atoms with Crippen LogP contribution in [0.5, 0.6) is 0 Å². The van der Waals surface area contributed by atoms with Crippen LogP contribution in [0, 0.1) is 11.8 Å². The van der Waals surface area contributed by atoms with Gasteiger partial charge in [0.15, 0.2) is 0 Å². The molecule has 0 saturated carbocycles. The van der Waals surface area contributed by atoms with Crippen molar-refractivity contribution < 1.29 is 23.9 Å². The summed E-state index contributed by atoms with van der Waals surface area (Å²) in [6.45, 7) is 6.57. The summed E-state index contributed by atoms with van der Waals surface area (Å²) >= 11 is 0. The van der Waals surface area contributed by atoms with E-state index in [1.165, 1.54) is 12.2 Å². The third-order valence-corrected chi connectivity index (χ3v) is 2.48. The molecule has 0 heterocycles. The number of hydrogen-bond acceptors (Lipinski definition) is 5. The van der Waals surface area contributed by atoms with Crippen molar-refractivity contribution in [2.45, 2.75) is 39.9 Å². The lowest BCUT2D eigenvalue weighted by atomic mass is 10.1. The summed E-state index contributed by atoms with van der Waals surface area (Å²) in [7, 11) is 0. The molecule has 0 bridgehead atoms. The van der Waals surface area contributed by atoms with Crippen LogP contribution in [0.25, 0.3) is 0 Å². The standard InChI is InChI=1S/C13H18O5/c1-8(2)11(15)17-13(7-5-6-10(13)14)18-12(16)9(3)4/h5,7-9H,6H2,1-4H3. The van der Waals surface area contributed by atoms with Crippen molar-refractivity contribution in [3.63, 3.8) is 0 Å². The zero-order valence-corrected chi connectivity index (χ0v) is 11.1. The highest BCUT2D eigenvalue weighted by Gasteiger charge is 2.47. The van der Waals surface area contributed by atoms with Crippen LogP contribution in [-0.2, 0) is 23.9 Å². The van der Waals surface area contributed by atoms with Crippen molar-refractivity contribution >= 4 is 17.7 Å². The van der Waals surface area contributed by atoms with Crippen LogP contribution < -0.4 is 0 Å². The SMILES string of the molecule is CC(C)C(=O)OC1(OC(=O)C(C)C)C=CCC1=O. The van der Waals surface area contributed by atoms with Crippen LogP contribution in [0.3, 0.4) is 0 Å². The summed E-state index contributed by atoms with van der Waals surface area (Å²) in [6.07, 6.45) is 2.95. The number of hydrogen-bond donors (Lipinski definition) is 0. The van der Waals surface area contributed by atoms with Crippen molar-refractivity contribution in [1.29, 1.82) is 0 Å². The Morgan fingerprint density at radius 3 is 1.83 bits per heavy atom. The number of allylic oxidation sites excluding steroid dienone is 1. The molecule has 1 rings (SSSR count). The average Bonchev–Trinajstić information content (AvgIpc) is 2.60. The Balaban J connectivity index is 2.91. The molecule has 0 amide bonds. The number of ketones is 1. The molecule has 18 heavy (non-hydrogen) atoms. The molecule has 0 aromatic rings. The molecular weight excluding hydrogens is 236 g/mol. The third-order valence-electron chi connectivity index (χ3n) is 2.48. The maximum atomic E-state index is 11.8. The molecule has 0 radical (unpaired) electrons. The largest absolute Gasteiger partial charge is 0.411 e. The van der Waals surface area contributed by atoms with Gasteiger partial charge in [-0.3, -0.25) is 14.4 Å². The monoisotopic (exact) mass is 254 g/mol. The molecule has 0 atom stereocenters. The highest BCUT2D eigenvalue weighted by atomic mass is 16.7. The molecular formula is C13H18O5. The summed E-state index contributed by atoms with van der Waals surface area (Å²) in [5.74, 6) is -4.26. The predicted octanol–water partition coefficient (Wildman–Crippen LogP) is 1.61. The minimum absolute atomic E-state index is 0.0940. The second-order valence-corrected chi connectivity index (χ2v) is 4.85. The maximum Gasteiger partial charge on any atom is 0.336 e. The minimum Gasteiger partial charge on any atom is -0.411 e. The molecule has 0 N–H and O–H groups in total. The van der Waals surface area contributed by atoms with E-state index in [4.69, 9.17) is 9.47 Å². The van der Waals surface area contributed by atoms with Gasteiger partial charge in [0.2, 0.25) is 5.78 Å². The molecule has 0 saturated heterocycles. The van der Waals surface area contributed by atoms with Crippen molar-refractivity contribution in [2.75, 3.05) is 0 Å². The van der Waals surface area contributed by atoms with Gasteiger partial charge in [0.05, 0.1) is 11.8 Å². The molecule has 0 aromatic carbocycles.